The van der Waals surface area contributed by atoms with Gasteiger partial charge in [0.1, 0.15) is 12.7 Å². The molecule has 7 nitrogen and oxygen atoms in total. The van der Waals surface area contributed by atoms with Crippen LogP contribution < -0.4 is 0 Å². The number of carbonyl (C=O) groups is 1. The van der Waals surface area contributed by atoms with E-state index in [2.05, 4.69) is 4.52 Å². The van der Waals surface area contributed by atoms with Crippen LogP contribution in [0.4, 0.5) is 8.78 Å². The Kier molecular flexibility index (Phi) is 5.50. The molecule has 1 rings (SSSR count). The minimum Gasteiger partial charge on any atom is -0.366 e. The average molecular weight is 331 g/mol. The summed E-state index contributed by atoms with van der Waals surface area (Å²) in [5.74, 6) is -4.13. The molecule has 0 unspecified atom stereocenters. The van der Waals surface area contributed by atoms with Crippen molar-refractivity contribution in [3.63, 3.8) is 0 Å². The van der Waals surface area contributed by atoms with Gasteiger partial charge in [0.25, 0.3) is 5.92 Å². The molecule has 21 heavy (non-hydrogen) atoms. The van der Waals surface area contributed by atoms with Gasteiger partial charge in [-0.15, -0.1) is 0 Å². The van der Waals surface area contributed by atoms with E-state index in [1.54, 1.807) is 20.8 Å². The minimum atomic E-state index is -4.80. The second-order valence-electron chi connectivity index (χ2n) is 5.85. The number of amides is 1. The van der Waals surface area contributed by atoms with E-state index < -0.39 is 44.5 Å². The molecular weight excluding hydrogens is 311 g/mol. The standard InChI is InChI=1S/C11H20F2NO6P/c1-10(2,3)20-8-4-5-14(7-11(8,12)13)9(15)6-19-21(16,17)18/h8H,4-7H2,1-3H3,(H2,16,17,18)/t8-/m0/s1. The van der Waals surface area contributed by atoms with Crippen molar-refractivity contribution in [1.29, 1.82) is 0 Å². The Morgan fingerprint density at radius 1 is 1.43 bits per heavy atom. The van der Waals surface area contributed by atoms with Gasteiger partial charge in [-0.3, -0.25) is 9.32 Å². The Morgan fingerprint density at radius 3 is 2.43 bits per heavy atom. The fourth-order valence-corrected chi connectivity index (χ4v) is 2.21. The van der Waals surface area contributed by atoms with Gasteiger partial charge >= 0.3 is 7.82 Å². The molecule has 1 fully saturated rings. The van der Waals surface area contributed by atoms with Gasteiger partial charge in [0.05, 0.1) is 12.1 Å². The van der Waals surface area contributed by atoms with Crippen LogP contribution in [-0.4, -0.2) is 57.9 Å². The molecule has 1 amide bonds. The first-order valence-corrected chi connectivity index (χ1v) is 7.87. The van der Waals surface area contributed by atoms with Crippen molar-refractivity contribution in [1.82, 2.24) is 4.90 Å². The van der Waals surface area contributed by atoms with Crippen molar-refractivity contribution in [2.45, 2.75) is 44.8 Å². The quantitative estimate of drug-likeness (QED) is 0.750. The minimum absolute atomic E-state index is 0.0136. The molecule has 0 spiro atoms. The van der Waals surface area contributed by atoms with Crippen molar-refractivity contribution in [3.8, 4) is 0 Å². The van der Waals surface area contributed by atoms with Crippen LogP contribution in [-0.2, 0) is 18.6 Å². The van der Waals surface area contributed by atoms with Crippen LogP contribution in [0.2, 0.25) is 0 Å². The van der Waals surface area contributed by atoms with Gasteiger partial charge in [-0.1, -0.05) is 0 Å². The first-order valence-electron chi connectivity index (χ1n) is 6.34. The molecule has 0 bridgehead atoms. The molecule has 0 saturated carbocycles. The highest BCUT2D eigenvalue weighted by Gasteiger charge is 2.48. The highest BCUT2D eigenvalue weighted by atomic mass is 31.2. The Bertz CT molecular complexity index is 433. The summed E-state index contributed by atoms with van der Waals surface area (Å²) in [4.78, 5) is 29.4. The molecule has 1 aliphatic heterocycles. The van der Waals surface area contributed by atoms with Gasteiger partial charge in [-0.2, -0.15) is 0 Å². The number of nitrogens with zero attached hydrogens (tertiary/aromatic N) is 1. The average Bonchev–Trinajstić information content (AvgIpc) is 2.25. The van der Waals surface area contributed by atoms with Crippen molar-refractivity contribution in [3.05, 3.63) is 0 Å². The van der Waals surface area contributed by atoms with Crippen LogP contribution in [0.25, 0.3) is 0 Å². The molecule has 1 saturated heterocycles. The number of phosphoric ester groups is 1. The number of rotatable bonds is 4. The maximum atomic E-state index is 14.0. The lowest BCUT2D eigenvalue weighted by Gasteiger charge is -2.40. The third-order valence-electron chi connectivity index (χ3n) is 2.74. The molecule has 2 N–H and O–H groups in total. The van der Waals surface area contributed by atoms with Crippen molar-refractivity contribution in [2.24, 2.45) is 0 Å². The van der Waals surface area contributed by atoms with E-state index in [1.807, 2.05) is 0 Å². The summed E-state index contributed by atoms with van der Waals surface area (Å²) in [6.45, 7) is 3.19. The number of hydrogen-bond donors (Lipinski definition) is 2. The van der Waals surface area contributed by atoms with E-state index in [4.69, 9.17) is 14.5 Å². The van der Waals surface area contributed by atoms with E-state index in [0.717, 1.165) is 4.90 Å². The van der Waals surface area contributed by atoms with Crippen molar-refractivity contribution < 1.29 is 37.2 Å². The fraction of sp³-hybridized carbons (Fsp3) is 0.909. The van der Waals surface area contributed by atoms with Crippen LogP contribution in [0.15, 0.2) is 0 Å². The summed E-state index contributed by atoms with van der Waals surface area (Å²) in [5.41, 5.74) is -0.732. The zero-order chi connectivity index (χ0) is 16.5. The Balaban J connectivity index is 2.61. The number of piperidine rings is 1. The monoisotopic (exact) mass is 331 g/mol. The molecule has 0 aliphatic carbocycles. The molecule has 10 heteroatoms. The molecule has 1 atom stereocenters. The molecular formula is C11H20F2NO6P. The summed E-state index contributed by atoms with van der Waals surface area (Å²) in [6.07, 6.45) is -1.37. The van der Waals surface area contributed by atoms with Crippen LogP contribution in [0, 0.1) is 0 Å². The number of carbonyl (C=O) groups excluding carboxylic acids is 1. The third kappa shape index (κ3) is 6.36. The molecule has 0 radical (unpaired) electrons. The van der Waals surface area contributed by atoms with Crippen LogP contribution in [0.5, 0.6) is 0 Å². The lowest BCUT2D eigenvalue weighted by molar-refractivity contribution is -0.208. The zero-order valence-electron chi connectivity index (χ0n) is 12.1. The fourth-order valence-electron chi connectivity index (χ4n) is 1.93. The topological polar surface area (TPSA) is 96.3 Å². The molecule has 1 heterocycles. The van der Waals surface area contributed by atoms with Gasteiger partial charge in [-0.05, 0) is 27.2 Å². The van der Waals surface area contributed by atoms with Gasteiger partial charge in [-0.25, -0.2) is 13.3 Å². The highest BCUT2D eigenvalue weighted by Crippen LogP contribution is 2.36. The van der Waals surface area contributed by atoms with Crippen molar-refractivity contribution >= 4 is 13.7 Å². The number of ether oxygens (including phenoxy) is 1. The SMILES string of the molecule is CC(C)(C)O[C@H]1CCN(C(=O)COP(=O)(O)O)CC1(F)F. The lowest BCUT2D eigenvalue weighted by Crippen LogP contribution is -2.56. The van der Waals surface area contributed by atoms with E-state index in [1.165, 1.54) is 0 Å². The van der Waals surface area contributed by atoms with Gasteiger partial charge in [0, 0.05) is 6.54 Å². The number of phosphoric acid groups is 1. The van der Waals surface area contributed by atoms with E-state index in [-0.39, 0.29) is 13.0 Å². The largest absolute Gasteiger partial charge is 0.470 e. The molecule has 0 aromatic rings. The third-order valence-corrected chi connectivity index (χ3v) is 3.20. The van der Waals surface area contributed by atoms with Gasteiger partial charge in [0.2, 0.25) is 5.91 Å². The van der Waals surface area contributed by atoms with E-state index in [0.29, 0.717) is 0 Å². The first-order chi connectivity index (χ1) is 9.30. The zero-order valence-corrected chi connectivity index (χ0v) is 13.0. The smallest absolute Gasteiger partial charge is 0.366 e. The van der Waals surface area contributed by atoms with Crippen LogP contribution >= 0.6 is 7.82 Å². The molecule has 0 aromatic carbocycles. The lowest BCUT2D eigenvalue weighted by atomic mass is 10.0. The summed E-state index contributed by atoms with van der Waals surface area (Å²) < 4.78 is 47.7. The summed E-state index contributed by atoms with van der Waals surface area (Å²) in [7, 11) is -4.80. The summed E-state index contributed by atoms with van der Waals surface area (Å²) in [6, 6.07) is 0. The maximum absolute atomic E-state index is 14.0. The van der Waals surface area contributed by atoms with Gasteiger partial charge < -0.3 is 19.4 Å². The molecule has 1 aliphatic rings. The Morgan fingerprint density at radius 2 is 2.00 bits per heavy atom. The number of halogens is 2. The predicted octanol–water partition coefficient (Wildman–Crippen LogP) is 1.15. The number of hydrogen-bond acceptors (Lipinski definition) is 4. The molecule has 0 aromatic heterocycles. The van der Waals surface area contributed by atoms with Crippen LogP contribution in [0.3, 0.4) is 0 Å². The Labute approximate surface area is 121 Å². The number of likely N-dealkylation sites (tertiary alicyclic amines) is 1. The van der Waals surface area contributed by atoms with E-state index in [9.17, 15) is 18.1 Å². The maximum Gasteiger partial charge on any atom is 0.470 e. The van der Waals surface area contributed by atoms with Crippen LogP contribution in [0.1, 0.15) is 27.2 Å². The highest BCUT2D eigenvalue weighted by molar-refractivity contribution is 7.46. The second kappa shape index (κ2) is 6.26. The van der Waals surface area contributed by atoms with E-state index >= 15 is 0 Å². The second-order valence-corrected chi connectivity index (χ2v) is 7.09. The van der Waals surface area contributed by atoms with Gasteiger partial charge in [0.15, 0.2) is 0 Å². The normalized spacial score (nSPS) is 23.2. The summed E-state index contributed by atoms with van der Waals surface area (Å²) >= 11 is 0. The number of alkyl halides is 2. The summed E-state index contributed by atoms with van der Waals surface area (Å²) in [5, 5.41) is 0. The predicted molar refractivity (Wildman–Crippen MR) is 68.8 cm³/mol. The molecule has 124 valence electrons. The Hall–Kier alpha value is -0.600. The first kappa shape index (κ1) is 18.4. The van der Waals surface area contributed by atoms with Crippen molar-refractivity contribution in [2.75, 3.05) is 19.7 Å².